The van der Waals surface area contributed by atoms with Crippen molar-refractivity contribution in [2.75, 3.05) is 19.7 Å². The normalized spacial score (nSPS) is 12.9. The molecule has 0 saturated heterocycles. The van der Waals surface area contributed by atoms with Crippen molar-refractivity contribution in [3.8, 4) is 11.1 Å². The lowest BCUT2D eigenvalue weighted by Gasteiger charge is -2.26. The Balaban J connectivity index is 1.60. The summed E-state index contributed by atoms with van der Waals surface area (Å²) in [6.07, 6.45) is 2.35. The van der Waals surface area contributed by atoms with E-state index in [9.17, 15) is 14.4 Å². The lowest BCUT2D eigenvalue weighted by atomic mass is 9.98. The third-order valence-corrected chi connectivity index (χ3v) is 6.10. The molecule has 0 heterocycles. The Kier molecular flexibility index (Phi) is 8.85. The fourth-order valence-corrected chi connectivity index (χ4v) is 4.39. The van der Waals surface area contributed by atoms with Crippen LogP contribution in [0.2, 0.25) is 0 Å². The summed E-state index contributed by atoms with van der Waals surface area (Å²) in [4.78, 5) is 38.0. The van der Waals surface area contributed by atoms with Crippen LogP contribution in [0, 0.1) is 0 Å². The molecule has 34 heavy (non-hydrogen) atoms. The van der Waals surface area contributed by atoms with Crippen molar-refractivity contribution >= 4 is 18.0 Å². The van der Waals surface area contributed by atoms with Gasteiger partial charge in [0.05, 0.1) is 0 Å². The molecule has 1 unspecified atom stereocenters. The number of hydrogen-bond acceptors (Lipinski definition) is 4. The molecule has 3 rings (SSSR count). The van der Waals surface area contributed by atoms with Gasteiger partial charge in [-0.2, -0.15) is 0 Å². The van der Waals surface area contributed by atoms with Crippen molar-refractivity contribution in [1.82, 2.24) is 10.2 Å². The second-order valence-corrected chi connectivity index (χ2v) is 8.32. The van der Waals surface area contributed by atoms with Crippen LogP contribution in [-0.4, -0.2) is 53.7 Å². The molecule has 7 heteroatoms. The fraction of sp³-hybridized carbons (Fsp3) is 0.370. The summed E-state index contributed by atoms with van der Waals surface area (Å²) in [6.45, 7) is 6.62. The average molecular weight is 465 g/mol. The number of benzene rings is 2. The van der Waals surface area contributed by atoms with E-state index in [1.165, 1.54) is 0 Å². The Morgan fingerprint density at radius 2 is 1.71 bits per heavy atom. The summed E-state index contributed by atoms with van der Waals surface area (Å²) in [7, 11) is 0. The third-order valence-electron chi connectivity index (χ3n) is 6.10. The number of nitrogens with zero attached hydrogens (tertiary/aromatic N) is 1. The van der Waals surface area contributed by atoms with Crippen molar-refractivity contribution in [1.29, 1.82) is 0 Å². The van der Waals surface area contributed by atoms with Gasteiger partial charge in [0.25, 0.3) is 0 Å². The number of likely N-dealkylation sites (N-methyl/N-ethyl adjacent to an activating group) is 1. The summed E-state index contributed by atoms with van der Waals surface area (Å²) in [5, 5.41) is 11.5. The van der Waals surface area contributed by atoms with Crippen molar-refractivity contribution in [2.45, 2.75) is 44.6 Å². The Morgan fingerprint density at radius 1 is 1.09 bits per heavy atom. The first-order chi connectivity index (χ1) is 16.5. The van der Waals surface area contributed by atoms with Gasteiger partial charge in [-0.25, -0.2) is 4.79 Å². The number of ether oxygens (including phenoxy) is 1. The van der Waals surface area contributed by atoms with E-state index in [1.54, 1.807) is 11.0 Å². The minimum Gasteiger partial charge on any atom is -0.481 e. The highest BCUT2D eigenvalue weighted by molar-refractivity contribution is 5.86. The maximum atomic E-state index is 13.0. The number of carbonyl (C=O) groups excluding carboxylic acids is 2. The summed E-state index contributed by atoms with van der Waals surface area (Å²) in [5.74, 6) is -1.14. The van der Waals surface area contributed by atoms with Crippen LogP contribution in [0.25, 0.3) is 11.1 Å². The molecule has 1 aliphatic carbocycles. The second kappa shape index (κ2) is 12.0. The number of fused-ring (bicyclic) bond motifs is 3. The van der Waals surface area contributed by atoms with Crippen LogP contribution in [-0.2, 0) is 14.3 Å². The number of rotatable bonds is 12. The number of carboxylic acid groups (broad SMARTS) is 1. The van der Waals surface area contributed by atoms with Crippen molar-refractivity contribution in [3.05, 3.63) is 72.3 Å². The number of alkyl carbamates (subject to hydrolysis) is 1. The van der Waals surface area contributed by atoms with E-state index in [4.69, 9.17) is 9.84 Å². The van der Waals surface area contributed by atoms with Gasteiger partial charge in [0.15, 0.2) is 0 Å². The summed E-state index contributed by atoms with van der Waals surface area (Å²) in [5.41, 5.74) is 4.53. The van der Waals surface area contributed by atoms with Crippen LogP contribution >= 0.6 is 0 Å². The summed E-state index contributed by atoms with van der Waals surface area (Å²) < 4.78 is 5.58. The van der Waals surface area contributed by atoms with Crippen LogP contribution in [0.1, 0.15) is 49.7 Å². The van der Waals surface area contributed by atoms with Crippen LogP contribution < -0.4 is 5.32 Å². The monoisotopic (exact) mass is 464 g/mol. The van der Waals surface area contributed by atoms with Gasteiger partial charge < -0.3 is 20.1 Å². The number of carboxylic acids is 1. The predicted molar refractivity (Wildman–Crippen MR) is 131 cm³/mol. The Morgan fingerprint density at radius 3 is 2.26 bits per heavy atom. The van der Waals surface area contributed by atoms with Crippen molar-refractivity contribution in [3.63, 3.8) is 0 Å². The second-order valence-electron chi connectivity index (χ2n) is 8.32. The van der Waals surface area contributed by atoms with Gasteiger partial charge in [0.1, 0.15) is 12.6 Å². The minimum atomic E-state index is -0.851. The summed E-state index contributed by atoms with van der Waals surface area (Å²) >= 11 is 0. The number of carbonyl (C=O) groups is 3. The van der Waals surface area contributed by atoms with E-state index >= 15 is 0 Å². The molecule has 7 nitrogen and oxygen atoms in total. The van der Waals surface area contributed by atoms with Gasteiger partial charge >= 0.3 is 12.1 Å². The molecule has 2 amide bonds. The molecular weight excluding hydrogens is 432 g/mol. The highest BCUT2D eigenvalue weighted by Gasteiger charge is 2.30. The highest BCUT2D eigenvalue weighted by Crippen LogP contribution is 2.44. The molecular formula is C27H32N2O5. The molecule has 0 fully saturated rings. The topological polar surface area (TPSA) is 95.9 Å². The third kappa shape index (κ3) is 6.04. The Labute approximate surface area is 200 Å². The quantitative estimate of drug-likeness (QED) is 0.354. The zero-order valence-corrected chi connectivity index (χ0v) is 19.5. The van der Waals surface area contributed by atoms with Gasteiger partial charge in [-0.1, -0.05) is 54.6 Å². The molecule has 0 spiro atoms. The van der Waals surface area contributed by atoms with Gasteiger partial charge in [-0.05, 0) is 48.4 Å². The fourth-order valence-electron chi connectivity index (χ4n) is 4.39. The van der Waals surface area contributed by atoms with Crippen LogP contribution in [0.3, 0.4) is 0 Å². The smallest absolute Gasteiger partial charge is 0.407 e. The molecule has 0 radical (unpaired) electrons. The standard InChI is InChI=1S/C27H32N2O5/c1-3-11-24(26(32)29(4-2)17-10-9-16-25(30)31)28-27(33)34-18-23-21-14-7-5-12-19(21)20-13-6-8-15-22(20)23/h3,5-8,12-15,23-24H,1,4,9-11,16-18H2,2H3,(H,28,33)(H,30,31). The molecule has 180 valence electrons. The van der Waals surface area contributed by atoms with E-state index in [0.29, 0.717) is 25.9 Å². The van der Waals surface area contributed by atoms with E-state index in [0.717, 1.165) is 22.3 Å². The molecule has 2 aromatic carbocycles. The molecule has 0 aromatic heterocycles. The number of amides is 2. The van der Waals surface area contributed by atoms with E-state index in [-0.39, 0.29) is 31.3 Å². The largest absolute Gasteiger partial charge is 0.481 e. The van der Waals surface area contributed by atoms with Gasteiger partial charge in [0.2, 0.25) is 5.91 Å². The molecule has 1 atom stereocenters. The van der Waals surface area contributed by atoms with Crippen molar-refractivity contribution < 1.29 is 24.2 Å². The lowest BCUT2D eigenvalue weighted by Crippen LogP contribution is -2.49. The van der Waals surface area contributed by atoms with E-state index < -0.39 is 18.1 Å². The average Bonchev–Trinajstić information content (AvgIpc) is 3.16. The Bertz CT molecular complexity index is 990. The number of aliphatic carboxylic acids is 1. The minimum absolute atomic E-state index is 0.0620. The molecule has 0 aliphatic heterocycles. The zero-order valence-electron chi connectivity index (χ0n) is 19.5. The maximum absolute atomic E-state index is 13.0. The Hall–Kier alpha value is -3.61. The van der Waals surface area contributed by atoms with E-state index in [1.807, 2.05) is 31.2 Å². The first-order valence-corrected chi connectivity index (χ1v) is 11.7. The highest BCUT2D eigenvalue weighted by atomic mass is 16.5. The number of nitrogens with one attached hydrogen (secondary N) is 1. The molecule has 0 saturated carbocycles. The van der Waals surface area contributed by atoms with Gasteiger partial charge in [-0.3, -0.25) is 9.59 Å². The molecule has 1 aliphatic rings. The lowest BCUT2D eigenvalue weighted by molar-refractivity contribution is -0.137. The summed E-state index contributed by atoms with van der Waals surface area (Å²) in [6, 6.07) is 15.4. The molecule has 2 N–H and O–H groups in total. The van der Waals surface area contributed by atoms with Crippen molar-refractivity contribution in [2.24, 2.45) is 0 Å². The predicted octanol–water partition coefficient (Wildman–Crippen LogP) is 4.57. The first kappa shape index (κ1) is 25.0. The van der Waals surface area contributed by atoms with Crippen LogP contribution in [0.5, 0.6) is 0 Å². The van der Waals surface area contributed by atoms with Gasteiger partial charge in [-0.15, -0.1) is 6.58 Å². The SMILES string of the molecule is C=CCC(NC(=O)OCC1c2ccccc2-c2ccccc21)C(=O)N(CC)CCCCC(=O)O. The van der Waals surface area contributed by atoms with E-state index in [2.05, 4.69) is 36.2 Å². The maximum Gasteiger partial charge on any atom is 0.407 e. The van der Waals surface area contributed by atoms with Crippen LogP contribution in [0.4, 0.5) is 4.79 Å². The van der Waals surface area contributed by atoms with Gasteiger partial charge in [0, 0.05) is 25.4 Å². The number of hydrogen-bond donors (Lipinski definition) is 2. The molecule has 2 aromatic rings. The first-order valence-electron chi connectivity index (χ1n) is 11.7. The molecule has 0 bridgehead atoms. The number of unbranched alkanes of at least 4 members (excludes halogenated alkanes) is 1. The van der Waals surface area contributed by atoms with Crippen LogP contribution in [0.15, 0.2) is 61.2 Å². The zero-order chi connectivity index (χ0) is 24.5.